The molecule has 2 atom stereocenters. The first-order valence-electron chi connectivity index (χ1n) is 11.3. The standard InChI is InChI=1S/C27H28N2O5S/c1-19-13-15-22(16-14-19)35(32,33)28-24(21-9-5-4-6-10-21)17-27(18-34-20(2)30)23-11-7-8-12-25(23)29(3)26(27)31/h4-16,24,28H,17-18H2,1-3H3/t24?,27-/m0/s1. The lowest BCUT2D eigenvalue weighted by Gasteiger charge is -2.32. The molecule has 1 aliphatic heterocycles. The molecule has 0 aliphatic carbocycles. The van der Waals surface area contributed by atoms with E-state index in [1.54, 1.807) is 31.3 Å². The van der Waals surface area contributed by atoms with Crippen molar-refractivity contribution in [2.75, 3.05) is 18.6 Å². The van der Waals surface area contributed by atoms with Crippen molar-refractivity contribution in [3.05, 3.63) is 95.6 Å². The molecule has 35 heavy (non-hydrogen) atoms. The summed E-state index contributed by atoms with van der Waals surface area (Å²) in [5.74, 6) is -0.767. The number of nitrogens with one attached hydrogen (secondary N) is 1. The number of likely N-dealkylation sites (N-methyl/N-ethyl adjacent to an activating group) is 1. The molecule has 0 radical (unpaired) electrons. The van der Waals surface area contributed by atoms with Crippen molar-refractivity contribution in [2.24, 2.45) is 0 Å². The molecule has 1 aliphatic rings. The number of benzene rings is 3. The Morgan fingerprint density at radius 3 is 2.29 bits per heavy atom. The number of para-hydroxylation sites is 1. The first-order valence-corrected chi connectivity index (χ1v) is 12.8. The number of esters is 1. The van der Waals surface area contributed by atoms with E-state index in [9.17, 15) is 18.0 Å². The fourth-order valence-electron chi connectivity index (χ4n) is 4.57. The quantitative estimate of drug-likeness (QED) is 0.482. The van der Waals surface area contributed by atoms with Gasteiger partial charge in [0, 0.05) is 25.7 Å². The van der Waals surface area contributed by atoms with Gasteiger partial charge in [0.15, 0.2) is 0 Å². The Hall–Kier alpha value is -3.49. The minimum atomic E-state index is -3.92. The van der Waals surface area contributed by atoms with E-state index in [1.165, 1.54) is 11.8 Å². The fourth-order valence-corrected chi connectivity index (χ4v) is 5.80. The molecule has 1 heterocycles. The van der Waals surface area contributed by atoms with Gasteiger partial charge in [-0.3, -0.25) is 9.59 Å². The minimum Gasteiger partial charge on any atom is -0.464 e. The molecule has 3 aromatic carbocycles. The van der Waals surface area contributed by atoms with Crippen molar-refractivity contribution in [3.63, 3.8) is 0 Å². The van der Waals surface area contributed by atoms with Gasteiger partial charge in [-0.1, -0.05) is 66.2 Å². The summed E-state index contributed by atoms with van der Waals surface area (Å²) in [5.41, 5.74) is 1.79. The largest absolute Gasteiger partial charge is 0.464 e. The van der Waals surface area contributed by atoms with Crippen LogP contribution in [0.2, 0.25) is 0 Å². The average molecular weight is 493 g/mol. The molecule has 0 saturated carbocycles. The highest BCUT2D eigenvalue weighted by molar-refractivity contribution is 7.89. The van der Waals surface area contributed by atoms with Crippen LogP contribution in [0.3, 0.4) is 0 Å². The van der Waals surface area contributed by atoms with Crippen molar-refractivity contribution >= 4 is 27.6 Å². The van der Waals surface area contributed by atoms with E-state index >= 15 is 0 Å². The van der Waals surface area contributed by atoms with Gasteiger partial charge in [0.2, 0.25) is 15.9 Å². The lowest BCUT2D eigenvalue weighted by atomic mass is 9.76. The molecule has 8 heteroatoms. The van der Waals surface area contributed by atoms with Gasteiger partial charge in [-0.25, -0.2) is 13.1 Å². The van der Waals surface area contributed by atoms with Crippen LogP contribution >= 0.6 is 0 Å². The first kappa shape index (κ1) is 24.6. The summed E-state index contributed by atoms with van der Waals surface area (Å²) in [6.07, 6.45) is 0.0651. The molecule has 0 spiro atoms. The van der Waals surface area contributed by atoms with Gasteiger partial charge >= 0.3 is 5.97 Å². The van der Waals surface area contributed by atoms with Crippen LogP contribution in [0.1, 0.15) is 36.1 Å². The summed E-state index contributed by atoms with van der Waals surface area (Å²) in [6.45, 7) is 2.98. The number of nitrogens with zero attached hydrogens (tertiary/aromatic N) is 1. The van der Waals surface area contributed by atoms with Crippen molar-refractivity contribution in [3.8, 4) is 0 Å². The summed E-state index contributed by atoms with van der Waals surface area (Å²) in [4.78, 5) is 27.1. The first-order chi connectivity index (χ1) is 16.6. The van der Waals surface area contributed by atoms with Gasteiger partial charge in [0.1, 0.15) is 12.0 Å². The SMILES string of the molecule is CC(=O)OC[C@]1(CC(NS(=O)(=O)c2ccc(C)cc2)c2ccccc2)C(=O)N(C)c2ccccc21. The molecule has 7 nitrogen and oxygen atoms in total. The van der Waals surface area contributed by atoms with Crippen LogP contribution < -0.4 is 9.62 Å². The normalized spacial score (nSPS) is 18.3. The molecule has 0 aromatic heterocycles. The second kappa shape index (κ2) is 9.64. The summed E-state index contributed by atoms with van der Waals surface area (Å²) in [7, 11) is -2.24. The van der Waals surface area contributed by atoms with E-state index in [0.29, 0.717) is 16.8 Å². The third kappa shape index (κ3) is 4.85. The van der Waals surface area contributed by atoms with Gasteiger partial charge in [0.25, 0.3) is 0 Å². The Labute approximate surface area is 205 Å². The van der Waals surface area contributed by atoms with Gasteiger partial charge in [-0.05, 0) is 42.7 Å². The van der Waals surface area contributed by atoms with Crippen LogP contribution in [0.5, 0.6) is 0 Å². The maximum Gasteiger partial charge on any atom is 0.302 e. The number of fused-ring (bicyclic) bond motifs is 1. The molecule has 1 N–H and O–H groups in total. The topological polar surface area (TPSA) is 92.8 Å². The molecule has 1 unspecified atom stereocenters. The second-order valence-corrected chi connectivity index (χ2v) is 10.6. The molecule has 0 fully saturated rings. The lowest BCUT2D eigenvalue weighted by molar-refractivity contribution is -0.144. The number of anilines is 1. The predicted octanol–water partition coefficient (Wildman–Crippen LogP) is 3.88. The minimum absolute atomic E-state index is 0.0651. The zero-order valence-corrected chi connectivity index (χ0v) is 20.7. The van der Waals surface area contributed by atoms with E-state index in [2.05, 4.69) is 4.72 Å². The van der Waals surface area contributed by atoms with Gasteiger partial charge < -0.3 is 9.64 Å². The molecular weight excluding hydrogens is 464 g/mol. The smallest absolute Gasteiger partial charge is 0.302 e. The number of carbonyl (C=O) groups excluding carboxylic acids is 2. The monoisotopic (exact) mass is 492 g/mol. The third-order valence-corrected chi connectivity index (χ3v) is 7.89. The molecule has 182 valence electrons. The number of aryl methyl sites for hydroxylation is 1. The maximum absolute atomic E-state index is 13.7. The van der Waals surface area contributed by atoms with E-state index in [4.69, 9.17) is 4.74 Å². The zero-order chi connectivity index (χ0) is 25.2. The Balaban J connectivity index is 1.80. The summed E-state index contributed by atoms with van der Waals surface area (Å²) in [5, 5.41) is 0. The van der Waals surface area contributed by atoms with Crippen LogP contribution in [0.15, 0.2) is 83.8 Å². The summed E-state index contributed by atoms with van der Waals surface area (Å²) in [6, 6.07) is 22.2. The van der Waals surface area contributed by atoms with Crippen LogP contribution in [0.4, 0.5) is 5.69 Å². The van der Waals surface area contributed by atoms with Crippen LogP contribution in [0.25, 0.3) is 0 Å². The molecule has 0 saturated heterocycles. The van der Waals surface area contributed by atoms with Crippen molar-refractivity contribution in [1.82, 2.24) is 4.72 Å². The highest BCUT2D eigenvalue weighted by Gasteiger charge is 2.52. The fraction of sp³-hybridized carbons (Fsp3) is 0.259. The van der Waals surface area contributed by atoms with Gasteiger partial charge in [-0.2, -0.15) is 0 Å². The number of ether oxygens (including phenoxy) is 1. The molecular formula is C27H28N2O5S. The maximum atomic E-state index is 13.7. The van der Waals surface area contributed by atoms with Crippen LogP contribution in [-0.2, 0) is 29.8 Å². The molecule has 1 amide bonds. The number of hydrogen-bond donors (Lipinski definition) is 1. The Morgan fingerprint density at radius 1 is 1.00 bits per heavy atom. The number of hydrogen-bond acceptors (Lipinski definition) is 5. The van der Waals surface area contributed by atoms with E-state index in [1.807, 2.05) is 61.5 Å². The number of rotatable bonds is 8. The van der Waals surface area contributed by atoms with E-state index in [-0.39, 0.29) is 23.8 Å². The lowest BCUT2D eigenvalue weighted by Crippen LogP contribution is -2.46. The highest BCUT2D eigenvalue weighted by Crippen LogP contribution is 2.46. The molecule has 3 aromatic rings. The second-order valence-electron chi connectivity index (χ2n) is 8.85. The van der Waals surface area contributed by atoms with E-state index < -0.39 is 27.4 Å². The number of sulfonamides is 1. The Kier molecular flexibility index (Phi) is 6.78. The van der Waals surface area contributed by atoms with Crippen molar-refractivity contribution in [2.45, 2.75) is 36.6 Å². The highest BCUT2D eigenvalue weighted by atomic mass is 32.2. The van der Waals surface area contributed by atoms with Crippen LogP contribution in [-0.4, -0.2) is 33.9 Å². The Bertz CT molecular complexity index is 1340. The average Bonchev–Trinajstić information content (AvgIpc) is 3.05. The summed E-state index contributed by atoms with van der Waals surface area (Å²) >= 11 is 0. The van der Waals surface area contributed by atoms with Crippen LogP contribution in [0, 0.1) is 6.92 Å². The number of amides is 1. The third-order valence-electron chi connectivity index (χ3n) is 6.40. The van der Waals surface area contributed by atoms with Gasteiger partial charge in [-0.15, -0.1) is 0 Å². The molecule has 4 rings (SSSR count). The summed E-state index contributed by atoms with van der Waals surface area (Å²) < 4.78 is 35.0. The predicted molar refractivity (Wildman–Crippen MR) is 133 cm³/mol. The Morgan fingerprint density at radius 2 is 1.63 bits per heavy atom. The van der Waals surface area contributed by atoms with Crippen molar-refractivity contribution < 1.29 is 22.7 Å². The molecule has 0 bridgehead atoms. The van der Waals surface area contributed by atoms with Crippen molar-refractivity contribution in [1.29, 1.82) is 0 Å². The van der Waals surface area contributed by atoms with E-state index in [0.717, 1.165) is 5.56 Å². The van der Waals surface area contributed by atoms with Gasteiger partial charge in [0.05, 0.1) is 4.90 Å². The number of carbonyl (C=O) groups is 2. The zero-order valence-electron chi connectivity index (χ0n) is 19.9.